The summed E-state index contributed by atoms with van der Waals surface area (Å²) in [5.41, 5.74) is 0. The predicted molar refractivity (Wildman–Crippen MR) is 293 cm³/mol. The number of ether oxygens (including phenoxy) is 12. The predicted octanol–water partition coefficient (Wildman–Crippen LogP) is -7.09. The highest BCUT2D eigenvalue weighted by Gasteiger charge is 2.58. The first-order chi connectivity index (χ1) is 42.3. The Bertz CT molecular complexity index is 2300. The number of methoxy groups -OCH3 is 1. The number of aliphatic hydroxyl groups excluding tert-OH is 17. The lowest BCUT2D eigenvalue weighted by atomic mass is 9.72. The van der Waals surface area contributed by atoms with Crippen molar-refractivity contribution in [2.45, 2.75) is 274 Å². The summed E-state index contributed by atoms with van der Waals surface area (Å²) in [4.78, 5) is 25.6. The zero-order valence-corrected chi connectivity index (χ0v) is 49.5. The minimum atomic E-state index is -1.92. The summed E-state index contributed by atoms with van der Waals surface area (Å²) < 4.78 is 69.3. The molecule has 0 aromatic heterocycles. The fourth-order valence-electron chi connectivity index (χ4n) is 14.0. The molecular formula is C58H93O31+. The van der Waals surface area contributed by atoms with Gasteiger partial charge in [0.15, 0.2) is 43.5 Å². The van der Waals surface area contributed by atoms with E-state index < -0.39 is 234 Å². The van der Waals surface area contributed by atoms with E-state index in [1.807, 2.05) is 0 Å². The van der Waals surface area contributed by atoms with Crippen LogP contribution in [0.1, 0.15) is 84.0 Å². The Morgan fingerprint density at radius 3 is 1.69 bits per heavy atom. The summed E-state index contributed by atoms with van der Waals surface area (Å²) in [6, 6.07) is 0. The van der Waals surface area contributed by atoms with Gasteiger partial charge in [0.25, 0.3) is 0 Å². The maximum atomic E-state index is 13.2. The van der Waals surface area contributed by atoms with Gasteiger partial charge in [-0.15, -0.1) is 0 Å². The fourth-order valence-corrected chi connectivity index (χ4v) is 14.0. The molecule has 33 atom stereocenters. The zero-order valence-electron chi connectivity index (χ0n) is 49.5. The van der Waals surface area contributed by atoms with E-state index in [1.165, 1.54) is 26.2 Å². The highest BCUT2D eigenvalue weighted by atomic mass is 16.7. The Hall–Kier alpha value is -2.66. The van der Waals surface area contributed by atoms with Gasteiger partial charge in [0.05, 0.1) is 68.0 Å². The number of fused-ring (bicyclic) bond motifs is 1. The number of hydrogen-bond acceptors (Lipinski definition) is 30. The highest BCUT2D eigenvalue weighted by Crippen LogP contribution is 2.45. The van der Waals surface area contributed by atoms with Gasteiger partial charge in [-0.05, 0) is 83.0 Å². The van der Waals surface area contributed by atoms with Crippen LogP contribution in [-0.4, -0.2) is 320 Å². The van der Waals surface area contributed by atoms with E-state index in [0.29, 0.717) is 38.5 Å². The van der Waals surface area contributed by atoms with Crippen molar-refractivity contribution in [1.29, 1.82) is 0 Å². The van der Waals surface area contributed by atoms with E-state index in [0.717, 1.165) is 0 Å². The molecule has 0 spiro atoms. The molecule has 0 aromatic carbocycles. The van der Waals surface area contributed by atoms with Crippen LogP contribution in [0.3, 0.4) is 0 Å². The van der Waals surface area contributed by atoms with Gasteiger partial charge in [0.2, 0.25) is 0 Å². The molecule has 0 bridgehead atoms. The van der Waals surface area contributed by atoms with E-state index in [2.05, 4.69) is 0 Å². The normalized spacial score (nSPS) is 50.1. The first-order valence-corrected chi connectivity index (χ1v) is 31.0. The molecule has 9 aliphatic rings. The van der Waals surface area contributed by atoms with Crippen LogP contribution in [0, 0.1) is 23.7 Å². The smallest absolute Gasteiger partial charge is 0.330 e. The van der Waals surface area contributed by atoms with E-state index in [4.69, 9.17) is 56.8 Å². The highest BCUT2D eigenvalue weighted by molar-refractivity contribution is 5.82. The molecule has 0 radical (unpaired) electrons. The average molecular weight is 1290 g/mol. The number of esters is 2. The van der Waals surface area contributed by atoms with Crippen molar-refractivity contribution in [2.75, 3.05) is 26.9 Å². The summed E-state index contributed by atoms with van der Waals surface area (Å²) in [5.74, 6) is -3.09. The van der Waals surface area contributed by atoms with Crippen LogP contribution >= 0.6 is 0 Å². The SMILES string of the molecule is COC1CC(C2[OH+]C3CC(O)CC(O[C@@H]4O[C@@H](CO)[C@H](O)[C@H](O)[C@H]4O)C3CC2O[C@H]2O[C@@H](CO[C@H]3O[C@@H](C)[C@H](OC(=O)C=CC4CCC(O[C@@H]5O[C@@H](COC(=O)C=CC6CCC(O)C(O)C6)[C@H](O)[C@H](O)[C@H]5O)CC4)[C@@H](O)[C@@H]3O)[C@H](O)[C@@H](O)[C@@H]2O)CC(O)C1O. The van der Waals surface area contributed by atoms with E-state index in [-0.39, 0.29) is 50.4 Å². The fraction of sp³-hybridized carbons (Fsp3) is 0.897. The van der Waals surface area contributed by atoms with Crippen LogP contribution in [0.15, 0.2) is 24.3 Å². The van der Waals surface area contributed by atoms with Gasteiger partial charge in [-0.1, -0.05) is 12.2 Å². The summed E-state index contributed by atoms with van der Waals surface area (Å²) in [7, 11) is 1.38. The van der Waals surface area contributed by atoms with Gasteiger partial charge in [-0.25, -0.2) is 9.59 Å². The minimum Gasteiger partial charge on any atom is -0.460 e. The molecule has 5 aliphatic heterocycles. The third kappa shape index (κ3) is 16.7. The van der Waals surface area contributed by atoms with Crippen LogP contribution in [0.5, 0.6) is 0 Å². The Labute approximate surface area is 512 Å². The van der Waals surface area contributed by atoms with E-state index >= 15 is 0 Å². The number of aliphatic hydroxyl groups is 19. The summed E-state index contributed by atoms with van der Waals surface area (Å²) >= 11 is 0. The van der Waals surface area contributed by atoms with Crippen molar-refractivity contribution >= 4 is 11.9 Å². The van der Waals surface area contributed by atoms with Crippen molar-refractivity contribution < 1.29 is 153 Å². The molecule has 9 fully saturated rings. The van der Waals surface area contributed by atoms with Gasteiger partial charge in [-0.2, -0.15) is 0 Å². The number of rotatable bonds is 19. The second-order valence-corrected chi connectivity index (χ2v) is 25.5. The molecule has 18 N–H and O–H groups in total. The van der Waals surface area contributed by atoms with Crippen molar-refractivity contribution in [2.24, 2.45) is 23.7 Å². The molecular weight excluding hydrogens is 1190 g/mol. The van der Waals surface area contributed by atoms with Gasteiger partial charge in [0.1, 0.15) is 104 Å². The first kappa shape index (κ1) is 70.7. The van der Waals surface area contributed by atoms with Crippen LogP contribution in [0.2, 0.25) is 0 Å². The molecule has 5 heterocycles. The molecule has 89 heavy (non-hydrogen) atoms. The second-order valence-electron chi connectivity index (χ2n) is 25.5. The molecule has 0 aromatic rings. The third-order valence-corrected chi connectivity index (χ3v) is 19.4. The maximum absolute atomic E-state index is 13.2. The van der Waals surface area contributed by atoms with E-state index in [9.17, 15) is 96.4 Å². The molecule has 0 amide bonds. The topological polar surface area (TPSA) is 492 Å². The summed E-state index contributed by atoms with van der Waals surface area (Å²) in [6.07, 6.45) is -33.1. The Morgan fingerprint density at radius 1 is 0.494 bits per heavy atom. The zero-order chi connectivity index (χ0) is 64.3. The lowest BCUT2D eigenvalue weighted by Gasteiger charge is -2.50. The average Bonchev–Trinajstić information content (AvgIpc) is 0.919. The molecule has 510 valence electrons. The Morgan fingerprint density at radius 2 is 1.06 bits per heavy atom. The van der Waals surface area contributed by atoms with E-state index in [1.54, 1.807) is 12.2 Å². The monoisotopic (exact) mass is 1290 g/mol. The molecule has 4 aliphatic carbocycles. The van der Waals surface area contributed by atoms with Crippen LogP contribution in [-0.2, 0) is 61.7 Å². The Kier molecular flexibility index (Phi) is 24.8. The van der Waals surface area contributed by atoms with Crippen LogP contribution in [0.25, 0.3) is 0 Å². The third-order valence-electron chi connectivity index (χ3n) is 19.4. The van der Waals surface area contributed by atoms with Gasteiger partial charge < -0.3 is 144 Å². The number of carbonyl (C=O) groups is 2. The quantitative estimate of drug-likeness (QED) is 0.0325. The summed E-state index contributed by atoms with van der Waals surface area (Å²) in [5, 5.41) is 182. The second kappa shape index (κ2) is 31.3. The molecule has 31 heteroatoms. The van der Waals surface area contributed by atoms with Crippen molar-refractivity contribution in [3.05, 3.63) is 24.3 Å². The lowest BCUT2D eigenvalue weighted by Crippen LogP contribution is -2.65. The number of allylic oxidation sites excluding steroid dienone is 2. The maximum Gasteiger partial charge on any atom is 0.330 e. The lowest BCUT2D eigenvalue weighted by molar-refractivity contribution is -0.371. The van der Waals surface area contributed by atoms with Crippen molar-refractivity contribution in [1.82, 2.24) is 0 Å². The standard InChI is InChI=1S/C58H92O31/c1-22-53(89-40(65)12-6-23-3-8-27(9-4-23)82-56-49(74)46(71)43(68)37(87-56)20-79-39(64)11-7-24-5-10-29(61)30(62)13-24)48(73)52(77)55(81-22)80-21-38-44(69)47(72)51(76)58(88-38)85-35-18-28-32(83-54(35)25-14-31(63)41(66)34(15-25)78-2)16-26(60)17-33(28)84-57-50(75)45(70)42(67)36(19-59)86-57/h6-7,11-12,22-38,41-63,66-77H,3-5,8-10,13-21H2,1-2H3/p+1/t22-,23?,24?,25?,26?,27?,28?,29?,30?,31?,32?,33?,34?,35?,36-,37-,38-,41?,42-,43-,44-,45-,46-,47+,48-,49+,50+,51-,52-,53-,54?,55-,56+,57+,58-/m0/s1. The Balaban J connectivity index is 0.757. The minimum absolute atomic E-state index is 0.0109. The largest absolute Gasteiger partial charge is 0.460 e. The summed E-state index contributed by atoms with van der Waals surface area (Å²) in [6.45, 7) is -0.377. The van der Waals surface area contributed by atoms with Gasteiger partial charge in [0, 0.05) is 38.0 Å². The van der Waals surface area contributed by atoms with Crippen LogP contribution in [0.4, 0.5) is 0 Å². The number of hydrogen-bond donors (Lipinski definition) is 17. The molecule has 5 saturated heterocycles. The van der Waals surface area contributed by atoms with Crippen LogP contribution < -0.4 is 0 Å². The van der Waals surface area contributed by atoms with Gasteiger partial charge >= 0.3 is 11.9 Å². The van der Waals surface area contributed by atoms with Crippen molar-refractivity contribution in [3.63, 3.8) is 0 Å². The first-order valence-electron chi connectivity index (χ1n) is 31.0. The molecule has 4 saturated carbocycles. The molecule has 9 rings (SSSR count). The molecule has 13 unspecified atom stereocenters. The molecule has 31 nitrogen and oxygen atoms in total. The van der Waals surface area contributed by atoms with Crippen molar-refractivity contribution in [3.8, 4) is 0 Å². The number of carbonyl (C=O) groups excluding carboxylic acids is 2. The van der Waals surface area contributed by atoms with Gasteiger partial charge in [-0.3, -0.25) is 0 Å².